The van der Waals surface area contributed by atoms with E-state index in [4.69, 9.17) is 28.4 Å². The van der Waals surface area contributed by atoms with Gasteiger partial charge in [0.25, 0.3) is 0 Å². The molecule has 2 aromatic carbocycles. The summed E-state index contributed by atoms with van der Waals surface area (Å²) in [6, 6.07) is 12.2. The van der Waals surface area contributed by atoms with Gasteiger partial charge in [-0.25, -0.2) is 0 Å². The van der Waals surface area contributed by atoms with Gasteiger partial charge in [-0.2, -0.15) is 0 Å². The molecule has 0 saturated carbocycles. The minimum atomic E-state index is -0.257. The predicted octanol–water partition coefficient (Wildman–Crippen LogP) is 6.95. The van der Waals surface area contributed by atoms with Crippen LogP contribution < -0.4 is 14.2 Å². The summed E-state index contributed by atoms with van der Waals surface area (Å²) in [7, 11) is 6.60. The van der Waals surface area contributed by atoms with Crippen molar-refractivity contribution in [2.45, 2.75) is 52.1 Å². The van der Waals surface area contributed by atoms with Gasteiger partial charge >= 0.3 is 0 Å². The highest BCUT2D eigenvalue weighted by molar-refractivity contribution is 5.73. The van der Waals surface area contributed by atoms with Gasteiger partial charge in [0.05, 0.1) is 33.5 Å². The Morgan fingerprint density at radius 3 is 1.71 bits per heavy atom. The fourth-order valence-electron chi connectivity index (χ4n) is 4.09. The van der Waals surface area contributed by atoms with Crippen molar-refractivity contribution in [2.24, 2.45) is 0 Å². The maximum Gasteiger partial charge on any atom is 0.203 e. The van der Waals surface area contributed by atoms with E-state index in [2.05, 4.69) is 48.6 Å². The van der Waals surface area contributed by atoms with Crippen LogP contribution in [0.25, 0.3) is 18.2 Å². The number of methoxy groups -OCH3 is 4. The highest BCUT2D eigenvalue weighted by Gasteiger charge is 2.29. The van der Waals surface area contributed by atoms with Crippen molar-refractivity contribution in [1.29, 1.82) is 0 Å². The van der Waals surface area contributed by atoms with Crippen LogP contribution in [0.3, 0.4) is 0 Å². The molecule has 0 radical (unpaired) electrons. The van der Waals surface area contributed by atoms with Crippen LogP contribution in [0.15, 0.2) is 66.0 Å². The first-order chi connectivity index (χ1) is 18.3. The van der Waals surface area contributed by atoms with Crippen molar-refractivity contribution < 1.29 is 28.4 Å². The first-order valence-corrected chi connectivity index (χ1v) is 12.8. The molecule has 0 fully saturated rings. The molecule has 0 heterocycles. The molecule has 38 heavy (non-hydrogen) atoms. The second kappa shape index (κ2) is 13.9. The number of allylic oxidation sites excluding steroid dienone is 3. The Balaban J connectivity index is 1.73. The summed E-state index contributed by atoms with van der Waals surface area (Å²) < 4.78 is 34.3. The average Bonchev–Trinajstić information content (AvgIpc) is 2.91. The Hall–Kier alpha value is -3.48. The van der Waals surface area contributed by atoms with E-state index in [-0.39, 0.29) is 24.4 Å². The minimum absolute atomic E-state index is 0.0106. The maximum atomic E-state index is 6.01. The first kappa shape index (κ1) is 29.1. The van der Waals surface area contributed by atoms with Crippen LogP contribution in [0.4, 0.5) is 0 Å². The lowest BCUT2D eigenvalue weighted by atomic mass is 9.98. The SMILES string of the molecule is COC1=CC(/C=C/c2ccc(/C=C/c3cc(OC)c(OC(C)C)c(OC)c3)cc2)=CC(OC)C1OC(C)C. The van der Waals surface area contributed by atoms with Crippen molar-refractivity contribution in [3.8, 4) is 17.2 Å². The molecule has 0 spiro atoms. The van der Waals surface area contributed by atoms with Gasteiger partial charge in [-0.3, -0.25) is 0 Å². The molecule has 0 bridgehead atoms. The molecule has 6 nitrogen and oxygen atoms in total. The molecule has 6 heteroatoms. The van der Waals surface area contributed by atoms with E-state index in [1.54, 1.807) is 28.4 Å². The van der Waals surface area contributed by atoms with Crippen LogP contribution in [-0.4, -0.2) is 52.9 Å². The van der Waals surface area contributed by atoms with Crippen LogP contribution in [-0.2, 0) is 14.2 Å². The Labute approximate surface area is 227 Å². The Morgan fingerprint density at radius 2 is 1.24 bits per heavy atom. The van der Waals surface area contributed by atoms with Gasteiger partial charge in [0.1, 0.15) is 18.0 Å². The molecule has 2 unspecified atom stereocenters. The normalized spacial score (nSPS) is 17.7. The Kier molecular flexibility index (Phi) is 10.6. The number of benzene rings is 2. The van der Waals surface area contributed by atoms with Crippen LogP contribution in [0.2, 0.25) is 0 Å². The highest BCUT2D eigenvalue weighted by Crippen LogP contribution is 2.39. The van der Waals surface area contributed by atoms with Crippen molar-refractivity contribution in [1.82, 2.24) is 0 Å². The second-order valence-corrected chi connectivity index (χ2v) is 9.48. The summed E-state index contributed by atoms with van der Waals surface area (Å²) in [6.45, 7) is 7.95. The van der Waals surface area contributed by atoms with Gasteiger partial charge < -0.3 is 28.4 Å². The molecule has 2 atom stereocenters. The molecule has 0 aliphatic heterocycles. The molecule has 0 amide bonds. The van der Waals surface area contributed by atoms with E-state index < -0.39 is 0 Å². The molecule has 0 N–H and O–H groups in total. The summed E-state index contributed by atoms with van der Waals surface area (Å²) in [5.74, 6) is 2.64. The maximum absolute atomic E-state index is 6.01. The van der Waals surface area contributed by atoms with Crippen LogP contribution in [0, 0.1) is 0 Å². The van der Waals surface area contributed by atoms with E-state index in [1.807, 2.05) is 52.0 Å². The second-order valence-electron chi connectivity index (χ2n) is 9.48. The van der Waals surface area contributed by atoms with Gasteiger partial charge in [-0.05, 0) is 74.2 Å². The molecule has 0 saturated heterocycles. The highest BCUT2D eigenvalue weighted by atomic mass is 16.6. The standard InChI is InChI=1S/C32H40O6/c1-21(2)37-31-27(33-5)17-25(18-28(31)34-6)15-13-23-9-11-24(12-10-23)14-16-26-19-29(35-7)32(38-22(3)4)30(20-26)36-8/h9-22,27,31H,1-8H3/b15-13+,16-14+. The molecule has 3 rings (SSSR count). The van der Waals surface area contributed by atoms with E-state index in [9.17, 15) is 0 Å². The fraction of sp³-hybridized carbons (Fsp3) is 0.375. The zero-order valence-corrected chi connectivity index (χ0v) is 23.7. The van der Waals surface area contributed by atoms with Gasteiger partial charge in [0.2, 0.25) is 5.75 Å². The van der Waals surface area contributed by atoms with Gasteiger partial charge in [-0.1, -0.05) is 48.6 Å². The van der Waals surface area contributed by atoms with Gasteiger partial charge in [-0.15, -0.1) is 0 Å². The molecule has 204 valence electrons. The summed E-state index contributed by atoms with van der Waals surface area (Å²) in [5, 5.41) is 0. The topological polar surface area (TPSA) is 55.4 Å². The summed E-state index contributed by atoms with van der Waals surface area (Å²) in [4.78, 5) is 0. The minimum Gasteiger partial charge on any atom is -0.498 e. The van der Waals surface area contributed by atoms with Gasteiger partial charge in [0, 0.05) is 7.11 Å². The van der Waals surface area contributed by atoms with E-state index >= 15 is 0 Å². The zero-order valence-electron chi connectivity index (χ0n) is 23.7. The molecule has 1 aliphatic carbocycles. The summed E-state index contributed by atoms with van der Waals surface area (Å²) in [6.07, 6.45) is 11.9. The molecular weight excluding hydrogens is 480 g/mol. The Bertz CT molecular complexity index is 1150. The Morgan fingerprint density at radius 1 is 0.684 bits per heavy atom. The summed E-state index contributed by atoms with van der Waals surface area (Å²) >= 11 is 0. The molecule has 1 aliphatic rings. The van der Waals surface area contributed by atoms with E-state index in [0.29, 0.717) is 17.2 Å². The number of hydrogen-bond acceptors (Lipinski definition) is 6. The third-order valence-electron chi connectivity index (χ3n) is 5.88. The lowest BCUT2D eigenvalue weighted by molar-refractivity contribution is -0.0652. The van der Waals surface area contributed by atoms with Crippen molar-refractivity contribution in [3.63, 3.8) is 0 Å². The van der Waals surface area contributed by atoms with Crippen LogP contribution >= 0.6 is 0 Å². The van der Waals surface area contributed by atoms with Crippen LogP contribution in [0.1, 0.15) is 44.4 Å². The van der Waals surface area contributed by atoms with Crippen molar-refractivity contribution >= 4 is 18.2 Å². The zero-order chi connectivity index (χ0) is 27.7. The summed E-state index contributed by atoms with van der Waals surface area (Å²) in [5.41, 5.74) is 4.13. The smallest absolute Gasteiger partial charge is 0.203 e. The number of ether oxygens (including phenoxy) is 6. The number of hydrogen-bond donors (Lipinski definition) is 0. The first-order valence-electron chi connectivity index (χ1n) is 12.8. The molecular formula is C32H40O6. The number of rotatable bonds is 12. The quantitative estimate of drug-likeness (QED) is 0.282. The predicted molar refractivity (Wildman–Crippen MR) is 154 cm³/mol. The lowest BCUT2D eigenvalue weighted by Crippen LogP contribution is -2.36. The van der Waals surface area contributed by atoms with Crippen molar-refractivity contribution in [3.05, 3.63) is 82.6 Å². The lowest BCUT2D eigenvalue weighted by Gasteiger charge is -2.30. The largest absolute Gasteiger partial charge is 0.498 e. The molecule has 2 aromatic rings. The van der Waals surface area contributed by atoms with E-state index in [1.165, 1.54) is 0 Å². The van der Waals surface area contributed by atoms with Crippen LogP contribution in [0.5, 0.6) is 17.2 Å². The third kappa shape index (κ3) is 7.76. The molecule has 0 aromatic heterocycles. The van der Waals surface area contributed by atoms with Crippen molar-refractivity contribution in [2.75, 3.05) is 28.4 Å². The van der Waals surface area contributed by atoms with E-state index in [0.717, 1.165) is 28.0 Å². The monoisotopic (exact) mass is 520 g/mol. The van der Waals surface area contributed by atoms with Gasteiger partial charge in [0.15, 0.2) is 11.5 Å². The average molecular weight is 521 g/mol. The fourth-order valence-corrected chi connectivity index (χ4v) is 4.09. The third-order valence-corrected chi connectivity index (χ3v) is 5.88.